The van der Waals surface area contributed by atoms with Gasteiger partial charge in [-0.3, -0.25) is 9.69 Å². The first-order valence-electron chi connectivity index (χ1n) is 13.2. The predicted octanol–water partition coefficient (Wildman–Crippen LogP) is 4.52. The van der Waals surface area contributed by atoms with Crippen molar-refractivity contribution in [3.8, 4) is 16.9 Å². The Hall–Kier alpha value is -3.23. The van der Waals surface area contributed by atoms with Crippen LogP contribution >= 0.6 is 0 Å². The SMILES string of the molecule is Cn1cnc(C(=O)N(Cc2ccc(F)c(-c3cccc(OCCN4CCCC4)c3)c2)C2CCOCC2)c1. The molecule has 7 nitrogen and oxygen atoms in total. The number of ether oxygens (including phenoxy) is 2. The van der Waals surface area contributed by atoms with Gasteiger partial charge in [-0.2, -0.15) is 0 Å². The van der Waals surface area contributed by atoms with Gasteiger partial charge in [0.2, 0.25) is 0 Å². The van der Waals surface area contributed by atoms with Gasteiger partial charge in [-0.15, -0.1) is 0 Å². The molecule has 0 saturated carbocycles. The third kappa shape index (κ3) is 6.37. The second-order valence-electron chi connectivity index (χ2n) is 9.94. The van der Waals surface area contributed by atoms with Gasteiger partial charge in [0.1, 0.15) is 23.9 Å². The van der Waals surface area contributed by atoms with Crippen LogP contribution in [0, 0.1) is 5.82 Å². The minimum atomic E-state index is -0.299. The Balaban J connectivity index is 1.34. The minimum Gasteiger partial charge on any atom is -0.492 e. The van der Waals surface area contributed by atoms with Gasteiger partial charge in [-0.25, -0.2) is 9.37 Å². The van der Waals surface area contributed by atoms with E-state index in [2.05, 4.69) is 9.88 Å². The van der Waals surface area contributed by atoms with Crippen molar-refractivity contribution >= 4 is 5.91 Å². The molecule has 0 spiro atoms. The topological polar surface area (TPSA) is 59.8 Å². The molecule has 2 aromatic carbocycles. The van der Waals surface area contributed by atoms with Crippen LogP contribution in [0.3, 0.4) is 0 Å². The van der Waals surface area contributed by atoms with E-state index in [1.54, 1.807) is 23.2 Å². The van der Waals surface area contributed by atoms with E-state index in [4.69, 9.17) is 9.47 Å². The molecule has 1 aromatic heterocycles. The number of benzene rings is 2. The number of aromatic nitrogens is 2. The van der Waals surface area contributed by atoms with Crippen molar-refractivity contribution in [1.29, 1.82) is 0 Å². The van der Waals surface area contributed by atoms with Gasteiger partial charge in [0.15, 0.2) is 0 Å². The lowest BCUT2D eigenvalue weighted by atomic mass is 10.0. The Labute approximate surface area is 217 Å². The van der Waals surface area contributed by atoms with E-state index in [1.807, 2.05) is 42.3 Å². The zero-order chi connectivity index (χ0) is 25.6. The van der Waals surface area contributed by atoms with Crippen molar-refractivity contribution in [2.24, 2.45) is 7.05 Å². The fourth-order valence-electron chi connectivity index (χ4n) is 5.17. The third-order valence-corrected chi connectivity index (χ3v) is 7.22. The molecular weight excluding hydrogens is 471 g/mol. The van der Waals surface area contributed by atoms with Gasteiger partial charge < -0.3 is 18.9 Å². The average molecular weight is 507 g/mol. The average Bonchev–Trinajstić information content (AvgIpc) is 3.60. The van der Waals surface area contributed by atoms with E-state index in [-0.39, 0.29) is 17.8 Å². The molecule has 0 N–H and O–H groups in total. The van der Waals surface area contributed by atoms with Gasteiger partial charge in [-0.05, 0) is 74.2 Å². The number of hydrogen-bond donors (Lipinski definition) is 0. The Morgan fingerprint density at radius 3 is 2.73 bits per heavy atom. The first-order valence-corrected chi connectivity index (χ1v) is 13.2. The largest absolute Gasteiger partial charge is 0.492 e. The lowest BCUT2D eigenvalue weighted by Crippen LogP contribution is -2.43. The monoisotopic (exact) mass is 506 g/mol. The van der Waals surface area contributed by atoms with E-state index in [1.165, 1.54) is 18.9 Å². The van der Waals surface area contributed by atoms with Crippen LogP contribution in [0.2, 0.25) is 0 Å². The summed E-state index contributed by atoms with van der Waals surface area (Å²) < 4.78 is 28.3. The maximum Gasteiger partial charge on any atom is 0.274 e. The zero-order valence-corrected chi connectivity index (χ0v) is 21.4. The second kappa shape index (κ2) is 11.9. The van der Waals surface area contributed by atoms with Gasteiger partial charge in [0.05, 0.1) is 6.33 Å². The molecule has 0 atom stereocenters. The summed E-state index contributed by atoms with van der Waals surface area (Å²) >= 11 is 0. The Bertz CT molecular complexity index is 1200. The highest BCUT2D eigenvalue weighted by atomic mass is 19.1. The number of halogens is 1. The first kappa shape index (κ1) is 25.4. The van der Waals surface area contributed by atoms with Crippen molar-refractivity contribution in [3.63, 3.8) is 0 Å². The van der Waals surface area contributed by atoms with Crippen molar-refractivity contribution in [2.75, 3.05) is 39.5 Å². The number of carbonyl (C=O) groups is 1. The van der Waals surface area contributed by atoms with Crippen LogP contribution in [0.15, 0.2) is 55.0 Å². The van der Waals surface area contributed by atoms with E-state index < -0.39 is 0 Å². The molecule has 37 heavy (non-hydrogen) atoms. The summed E-state index contributed by atoms with van der Waals surface area (Å²) in [5.41, 5.74) is 2.54. The first-order chi connectivity index (χ1) is 18.1. The van der Waals surface area contributed by atoms with Crippen molar-refractivity contribution < 1.29 is 18.7 Å². The van der Waals surface area contributed by atoms with Crippen LogP contribution in [0.5, 0.6) is 5.75 Å². The molecule has 0 bridgehead atoms. The lowest BCUT2D eigenvalue weighted by Gasteiger charge is -2.34. The standard InChI is InChI=1S/C29H35FN4O3/c1-32-20-28(31-21-32)29(35)34(24-9-14-36-15-10-24)19-22-7-8-27(30)26(17-22)23-5-4-6-25(18-23)37-16-13-33-11-2-3-12-33/h4-8,17-18,20-21,24H,2-3,9-16,19H2,1H3. The van der Waals surface area contributed by atoms with E-state index in [0.29, 0.717) is 37.6 Å². The number of amides is 1. The Kier molecular flexibility index (Phi) is 8.16. The summed E-state index contributed by atoms with van der Waals surface area (Å²) in [6.07, 6.45) is 7.41. The summed E-state index contributed by atoms with van der Waals surface area (Å²) in [5, 5.41) is 0. The number of imidazole rings is 1. The van der Waals surface area contributed by atoms with Crippen molar-refractivity contribution in [1.82, 2.24) is 19.4 Å². The van der Waals surface area contributed by atoms with E-state index >= 15 is 4.39 Å². The number of hydrogen-bond acceptors (Lipinski definition) is 5. The van der Waals surface area contributed by atoms with Crippen LogP contribution in [0.4, 0.5) is 4.39 Å². The summed E-state index contributed by atoms with van der Waals surface area (Å²) in [4.78, 5) is 22.0. The quantitative estimate of drug-likeness (QED) is 0.427. The molecule has 0 aliphatic carbocycles. The Morgan fingerprint density at radius 1 is 1.16 bits per heavy atom. The molecule has 0 radical (unpaired) electrons. The molecule has 2 saturated heterocycles. The number of likely N-dealkylation sites (tertiary alicyclic amines) is 1. The molecule has 1 amide bonds. The summed E-state index contributed by atoms with van der Waals surface area (Å²) in [6.45, 7) is 5.40. The Morgan fingerprint density at radius 2 is 1.97 bits per heavy atom. The second-order valence-corrected chi connectivity index (χ2v) is 9.94. The molecule has 3 heterocycles. The maximum absolute atomic E-state index is 15.0. The molecule has 8 heteroatoms. The normalized spacial score (nSPS) is 16.7. The highest BCUT2D eigenvalue weighted by Gasteiger charge is 2.28. The molecule has 3 aromatic rings. The highest BCUT2D eigenvalue weighted by molar-refractivity contribution is 5.92. The highest BCUT2D eigenvalue weighted by Crippen LogP contribution is 2.29. The molecule has 2 aliphatic heterocycles. The number of rotatable bonds is 9. The number of aryl methyl sites for hydroxylation is 1. The van der Waals surface area contributed by atoms with E-state index in [9.17, 15) is 4.79 Å². The number of nitrogens with zero attached hydrogens (tertiary/aromatic N) is 4. The third-order valence-electron chi connectivity index (χ3n) is 7.22. The summed E-state index contributed by atoms with van der Waals surface area (Å²) in [7, 11) is 1.85. The van der Waals surface area contributed by atoms with Crippen LogP contribution < -0.4 is 4.74 Å². The van der Waals surface area contributed by atoms with Crippen LogP contribution in [0.25, 0.3) is 11.1 Å². The molecule has 2 fully saturated rings. The summed E-state index contributed by atoms with van der Waals surface area (Å²) in [5.74, 6) is 0.314. The van der Waals surface area contributed by atoms with E-state index in [0.717, 1.165) is 49.4 Å². The van der Waals surface area contributed by atoms with Gasteiger partial charge >= 0.3 is 0 Å². The molecule has 196 valence electrons. The lowest BCUT2D eigenvalue weighted by molar-refractivity contribution is 0.0264. The van der Waals surface area contributed by atoms with Gasteiger partial charge in [-0.1, -0.05) is 18.2 Å². The zero-order valence-electron chi connectivity index (χ0n) is 21.4. The van der Waals surface area contributed by atoms with Crippen LogP contribution in [-0.4, -0.2) is 70.8 Å². The summed E-state index contributed by atoms with van der Waals surface area (Å²) in [6, 6.07) is 12.7. The smallest absolute Gasteiger partial charge is 0.274 e. The van der Waals surface area contributed by atoms with Crippen LogP contribution in [0.1, 0.15) is 41.7 Å². The minimum absolute atomic E-state index is 0.0455. The molecular formula is C29H35FN4O3. The molecule has 2 aliphatic rings. The molecule has 5 rings (SSSR count). The predicted molar refractivity (Wildman–Crippen MR) is 140 cm³/mol. The van der Waals surface area contributed by atoms with Crippen molar-refractivity contribution in [3.05, 3.63) is 72.1 Å². The number of carbonyl (C=O) groups excluding carboxylic acids is 1. The molecule has 0 unspecified atom stereocenters. The van der Waals surface area contributed by atoms with Gasteiger partial charge in [0.25, 0.3) is 5.91 Å². The fraction of sp³-hybridized carbons (Fsp3) is 0.448. The fourth-order valence-corrected chi connectivity index (χ4v) is 5.17. The van der Waals surface area contributed by atoms with Gasteiger partial charge in [0, 0.05) is 51.2 Å². The maximum atomic E-state index is 15.0. The van der Waals surface area contributed by atoms with Crippen LogP contribution in [-0.2, 0) is 18.3 Å². The van der Waals surface area contributed by atoms with Crippen molar-refractivity contribution in [2.45, 2.75) is 38.3 Å².